The summed E-state index contributed by atoms with van der Waals surface area (Å²) in [6, 6.07) is 11.4. The summed E-state index contributed by atoms with van der Waals surface area (Å²) >= 11 is 0. The van der Waals surface area contributed by atoms with Crippen molar-refractivity contribution in [3.63, 3.8) is 0 Å². The van der Waals surface area contributed by atoms with Crippen LogP contribution in [-0.4, -0.2) is 41.5 Å². The topological polar surface area (TPSA) is 108 Å². The van der Waals surface area contributed by atoms with E-state index in [1.807, 2.05) is 0 Å². The molecule has 0 aliphatic carbocycles. The van der Waals surface area contributed by atoms with Gasteiger partial charge in [0.2, 0.25) is 5.71 Å². The minimum Gasteiger partial charge on any atom is -0.461 e. The molecule has 32 heavy (non-hydrogen) atoms. The molecule has 0 radical (unpaired) electrons. The molecular formula is C23H26N3O6+. The average Bonchev–Trinajstić information content (AvgIpc) is 3.08. The molecule has 2 aromatic carbocycles. The van der Waals surface area contributed by atoms with Crippen molar-refractivity contribution in [2.24, 2.45) is 5.10 Å². The van der Waals surface area contributed by atoms with E-state index >= 15 is 0 Å². The van der Waals surface area contributed by atoms with Gasteiger partial charge in [-0.3, -0.25) is 10.1 Å². The highest BCUT2D eigenvalue weighted by Gasteiger charge is 2.51. The molecular weight excluding hydrogens is 414 g/mol. The van der Waals surface area contributed by atoms with Crippen LogP contribution >= 0.6 is 0 Å². The number of nitro benzene ring substituents is 1. The zero-order valence-electron chi connectivity index (χ0n) is 18.7. The summed E-state index contributed by atoms with van der Waals surface area (Å²) in [5.41, 5.74) is 1.71. The number of esters is 1. The van der Waals surface area contributed by atoms with Crippen molar-refractivity contribution in [2.75, 3.05) is 13.2 Å². The SMILES string of the molecule is CCOC(=O)C1=N[N+](CC)(C(=O)OC(C)(C)C)c2cc(-c3ccc([N+](=O)[O-])cc3)ccc21. The number of hydrogen-bond acceptors (Lipinski definition) is 7. The number of ether oxygens (including phenoxy) is 2. The fraction of sp³-hybridized carbons (Fsp3) is 0.348. The fourth-order valence-corrected chi connectivity index (χ4v) is 3.47. The largest absolute Gasteiger partial charge is 0.549 e. The Morgan fingerprint density at radius 1 is 1.06 bits per heavy atom. The highest BCUT2D eigenvalue weighted by molar-refractivity contribution is 6.46. The van der Waals surface area contributed by atoms with E-state index in [4.69, 9.17) is 9.47 Å². The molecule has 2 aromatic rings. The van der Waals surface area contributed by atoms with Gasteiger partial charge in [-0.25, -0.2) is 4.79 Å². The third-order valence-corrected chi connectivity index (χ3v) is 4.96. The highest BCUT2D eigenvalue weighted by Crippen LogP contribution is 2.40. The van der Waals surface area contributed by atoms with Crippen LogP contribution in [0.1, 0.15) is 40.2 Å². The van der Waals surface area contributed by atoms with E-state index in [0.717, 1.165) is 11.1 Å². The van der Waals surface area contributed by atoms with E-state index in [0.29, 0.717) is 11.3 Å². The van der Waals surface area contributed by atoms with Crippen LogP contribution in [0.5, 0.6) is 0 Å². The quantitative estimate of drug-likeness (QED) is 0.286. The summed E-state index contributed by atoms with van der Waals surface area (Å²) in [7, 11) is 0. The molecule has 0 bridgehead atoms. The summed E-state index contributed by atoms with van der Waals surface area (Å²) < 4.78 is 10.3. The van der Waals surface area contributed by atoms with E-state index in [1.165, 1.54) is 12.1 Å². The van der Waals surface area contributed by atoms with Gasteiger partial charge in [-0.2, -0.15) is 4.79 Å². The maximum Gasteiger partial charge on any atom is 0.549 e. The molecule has 9 nitrogen and oxygen atoms in total. The summed E-state index contributed by atoms with van der Waals surface area (Å²) in [6.07, 6.45) is -0.610. The van der Waals surface area contributed by atoms with E-state index in [1.54, 1.807) is 65.0 Å². The third-order valence-electron chi connectivity index (χ3n) is 4.96. The van der Waals surface area contributed by atoms with Crippen molar-refractivity contribution in [3.05, 3.63) is 58.1 Å². The predicted molar refractivity (Wildman–Crippen MR) is 120 cm³/mol. The lowest BCUT2D eigenvalue weighted by atomic mass is 10.00. The second-order valence-corrected chi connectivity index (χ2v) is 8.27. The van der Waals surface area contributed by atoms with Crippen molar-refractivity contribution < 1.29 is 24.0 Å². The number of hydrogen-bond donors (Lipinski definition) is 0. The van der Waals surface area contributed by atoms with Gasteiger partial charge >= 0.3 is 12.1 Å². The van der Waals surface area contributed by atoms with Crippen LogP contribution in [0.15, 0.2) is 47.6 Å². The molecule has 168 valence electrons. The Morgan fingerprint density at radius 2 is 1.69 bits per heavy atom. The van der Waals surface area contributed by atoms with E-state index in [2.05, 4.69) is 5.10 Å². The number of carbonyl (C=O) groups excluding carboxylic acids is 2. The summed E-state index contributed by atoms with van der Waals surface area (Å²) in [5, 5.41) is 15.5. The summed E-state index contributed by atoms with van der Waals surface area (Å²) in [4.78, 5) is 36.4. The van der Waals surface area contributed by atoms with Gasteiger partial charge in [0.25, 0.3) is 5.69 Å². The summed E-state index contributed by atoms with van der Waals surface area (Å²) in [5.74, 6) is -0.617. The maximum absolute atomic E-state index is 13.3. The van der Waals surface area contributed by atoms with Crippen molar-refractivity contribution in [1.82, 2.24) is 4.59 Å². The molecule has 0 saturated carbocycles. The average molecular weight is 440 g/mol. The standard InChI is InChI=1S/C23H26N3O6/c1-6-26(22(28)32-23(3,4)5)19-14-16(15-8-11-17(12-9-15)25(29)30)10-13-18(19)20(24-26)21(27)31-7-2/h8-14H,6-7H2,1-5H3/q+1. The second kappa shape index (κ2) is 8.51. The molecule has 0 aromatic heterocycles. The van der Waals surface area contributed by atoms with Gasteiger partial charge in [-0.05, 0) is 63.9 Å². The minimum atomic E-state index is -0.754. The molecule has 3 rings (SSSR count). The highest BCUT2D eigenvalue weighted by atomic mass is 16.6. The Kier molecular flexibility index (Phi) is 6.13. The van der Waals surface area contributed by atoms with Crippen molar-refractivity contribution in [3.8, 4) is 11.1 Å². The molecule has 0 saturated heterocycles. The molecule has 1 amide bonds. The van der Waals surface area contributed by atoms with Crippen molar-refractivity contribution in [2.45, 2.75) is 40.2 Å². The Hall–Kier alpha value is -3.59. The van der Waals surface area contributed by atoms with Gasteiger partial charge in [0.15, 0.2) is 5.69 Å². The number of rotatable bonds is 5. The molecule has 0 N–H and O–H groups in total. The first-order valence-corrected chi connectivity index (χ1v) is 10.3. The van der Waals surface area contributed by atoms with Gasteiger partial charge < -0.3 is 9.47 Å². The molecule has 1 aliphatic rings. The van der Waals surface area contributed by atoms with Crippen LogP contribution in [0.4, 0.5) is 16.2 Å². The molecule has 1 aliphatic heterocycles. The van der Waals surface area contributed by atoms with Crippen LogP contribution < -0.4 is 4.59 Å². The number of nitrogens with zero attached hydrogens (tertiary/aromatic N) is 3. The third kappa shape index (κ3) is 4.24. The van der Waals surface area contributed by atoms with Gasteiger partial charge in [-0.1, -0.05) is 15.8 Å². The van der Waals surface area contributed by atoms with E-state index in [9.17, 15) is 19.7 Å². The van der Waals surface area contributed by atoms with E-state index < -0.39 is 27.2 Å². The number of nitro groups is 1. The lowest BCUT2D eigenvalue weighted by Crippen LogP contribution is -2.50. The maximum atomic E-state index is 13.3. The molecule has 9 heteroatoms. The van der Waals surface area contributed by atoms with Crippen LogP contribution in [0.2, 0.25) is 0 Å². The van der Waals surface area contributed by atoms with Crippen LogP contribution in [0.25, 0.3) is 11.1 Å². The van der Waals surface area contributed by atoms with Gasteiger partial charge in [0.1, 0.15) is 12.1 Å². The monoisotopic (exact) mass is 440 g/mol. The van der Waals surface area contributed by atoms with E-state index in [-0.39, 0.29) is 24.6 Å². The Labute approximate surface area is 186 Å². The van der Waals surface area contributed by atoms with Gasteiger partial charge in [0, 0.05) is 18.2 Å². The molecule has 1 atom stereocenters. The van der Waals surface area contributed by atoms with Crippen LogP contribution in [-0.2, 0) is 14.3 Å². The number of non-ortho nitro benzene ring substituents is 1. The Bertz CT molecular complexity index is 1100. The van der Waals surface area contributed by atoms with Gasteiger partial charge in [-0.15, -0.1) is 0 Å². The van der Waals surface area contributed by atoms with Crippen molar-refractivity contribution in [1.29, 1.82) is 0 Å². The van der Waals surface area contributed by atoms with Crippen molar-refractivity contribution >= 4 is 29.1 Å². The first-order chi connectivity index (χ1) is 15.0. The first kappa shape index (κ1) is 23.1. The normalized spacial score (nSPS) is 17.3. The Balaban J connectivity index is 2.15. The summed E-state index contributed by atoms with van der Waals surface area (Å²) in [6.45, 7) is 9.15. The molecule has 0 fully saturated rings. The molecule has 1 unspecified atom stereocenters. The zero-order valence-corrected chi connectivity index (χ0v) is 18.7. The van der Waals surface area contributed by atoms with Crippen LogP contribution in [0, 0.1) is 10.1 Å². The molecule has 1 heterocycles. The predicted octanol–water partition coefficient (Wildman–Crippen LogP) is 4.80. The van der Waals surface area contributed by atoms with Gasteiger partial charge in [0.05, 0.1) is 17.1 Å². The lowest BCUT2D eigenvalue weighted by molar-refractivity contribution is -0.384. The number of amides is 1. The van der Waals surface area contributed by atoms with Crippen LogP contribution in [0.3, 0.4) is 0 Å². The smallest absolute Gasteiger partial charge is 0.461 e. The zero-order chi connectivity index (χ0) is 23.7. The number of carbonyl (C=O) groups is 2. The number of benzene rings is 2. The Morgan fingerprint density at radius 3 is 2.22 bits per heavy atom. The molecule has 0 spiro atoms. The first-order valence-electron chi connectivity index (χ1n) is 10.3. The second-order valence-electron chi connectivity index (χ2n) is 8.27. The number of fused-ring (bicyclic) bond motifs is 1. The lowest BCUT2D eigenvalue weighted by Gasteiger charge is -2.28. The number of quaternary nitrogens is 1. The fourth-order valence-electron chi connectivity index (χ4n) is 3.47. The minimum absolute atomic E-state index is 0.0183.